The number of carbonyl (C=O) groups is 1. The highest BCUT2D eigenvalue weighted by molar-refractivity contribution is 5.73. The Morgan fingerprint density at radius 2 is 2.24 bits per heavy atom. The zero-order valence-corrected chi connectivity index (χ0v) is 12.6. The molecule has 0 aliphatic heterocycles. The molecule has 0 amide bonds. The number of methoxy groups -OCH3 is 1. The minimum Gasteiger partial charge on any atom is -0.493 e. The molecule has 0 bridgehead atoms. The largest absolute Gasteiger partial charge is 0.493 e. The second-order valence-electron chi connectivity index (χ2n) is 5.34. The van der Waals surface area contributed by atoms with E-state index in [-0.39, 0.29) is 0 Å². The number of ether oxygens (including phenoxy) is 2. The molecular weight excluding hydrogens is 270 g/mol. The summed E-state index contributed by atoms with van der Waals surface area (Å²) >= 11 is 0. The number of nitrogens with one attached hydrogen (secondary N) is 1. The predicted octanol–water partition coefficient (Wildman–Crippen LogP) is 2.58. The van der Waals surface area contributed by atoms with Gasteiger partial charge >= 0.3 is 5.97 Å². The molecule has 21 heavy (non-hydrogen) atoms. The number of rotatable bonds is 9. The molecule has 0 spiro atoms. The summed E-state index contributed by atoms with van der Waals surface area (Å²) in [5, 5.41) is 12.7. The minimum atomic E-state index is -0.941. The van der Waals surface area contributed by atoms with Crippen LogP contribution in [0.25, 0.3) is 0 Å². The van der Waals surface area contributed by atoms with Gasteiger partial charge in [-0.2, -0.15) is 0 Å². The molecule has 2 N–H and O–H groups in total. The lowest BCUT2D eigenvalue weighted by Crippen LogP contribution is -2.28. The van der Waals surface area contributed by atoms with Crippen molar-refractivity contribution in [3.8, 4) is 11.5 Å². The third-order valence-electron chi connectivity index (χ3n) is 3.53. The molecule has 0 saturated heterocycles. The van der Waals surface area contributed by atoms with Crippen LogP contribution in [0.4, 0.5) is 0 Å². The topological polar surface area (TPSA) is 67.8 Å². The third-order valence-corrected chi connectivity index (χ3v) is 3.53. The van der Waals surface area contributed by atoms with E-state index in [4.69, 9.17) is 9.47 Å². The summed E-state index contributed by atoms with van der Waals surface area (Å²) in [6, 6.07) is 6.21. The summed E-state index contributed by atoms with van der Waals surface area (Å²) < 4.78 is 11.1. The first kappa shape index (κ1) is 15.6. The van der Waals surface area contributed by atoms with Gasteiger partial charge in [-0.3, -0.25) is 0 Å². The smallest absolute Gasteiger partial charge is 0.344 e. The fraction of sp³-hybridized carbons (Fsp3) is 0.562. The van der Waals surface area contributed by atoms with Crippen LogP contribution in [0.15, 0.2) is 18.2 Å². The molecule has 5 heteroatoms. The zero-order chi connectivity index (χ0) is 15.2. The summed E-state index contributed by atoms with van der Waals surface area (Å²) in [5.41, 5.74) is 0.934. The Bertz CT molecular complexity index is 485. The van der Waals surface area contributed by atoms with Crippen molar-refractivity contribution in [1.82, 2.24) is 5.32 Å². The number of aliphatic carboxylic acids is 1. The molecule has 1 aliphatic carbocycles. The van der Waals surface area contributed by atoms with E-state index < -0.39 is 12.1 Å². The van der Waals surface area contributed by atoms with Crippen LogP contribution in [-0.4, -0.2) is 30.3 Å². The van der Waals surface area contributed by atoms with Crippen molar-refractivity contribution in [3.63, 3.8) is 0 Å². The zero-order valence-electron chi connectivity index (χ0n) is 12.6. The Labute approximate surface area is 125 Å². The first-order chi connectivity index (χ1) is 10.2. The number of hydrogen-bond donors (Lipinski definition) is 2. The molecule has 0 heterocycles. The molecule has 1 atom stereocenters. The number of hydrogen-bond acceptors (Lipinski definition) is 4. The number of carboxylic acid groups (broad SMARTS) is 1. The first-order valence-corrected chi connectivity index (χ1v) is 7.44. The van der Waals surface area contributed by atoms with Gasteiger partial charge in [0.1, 0.15) is 0 Å². The normalized spacial score (nSPS) is 15.5. The van der Waals surface area contributed by atoms with Crippen LogP contribution >= 0.6 is 0 Å². The van der Waals surface area contributed by atoms with Crippen LogP contribution in [0.3, 0.4) is 0 Å². The van der Waals surface area contributed by atoms with Gasteiger partial charge in [0.25, 0.3) is 0 Å². The maximum Gasteiger partial charge on any atom is 0.344 e. The second kappa shape index (κ2) is 7.31. The maximum atomic E-state index is 11.3. The molecule has 0 radical (unpaired) electrons. The van der Waals surface area contributed by atoms with Crippen molar-refractivity contribution in [2.45, 2.75) is 51.3 Å². The van der Waals surface area contributed by atoms with Crippen LogP contribution < -0.4 is 14.8 Å². The van der Waals surface area contributed by atoms with Gasteiger partial charge in [-0.15, -0.1) is 0 Å². The molecule has 1 aromatic carbocycles. The molecule has 2 rings (SSSR count). The van der Waals surface area contributed by atoms with E-state index >= 15 is 0 Å². The molecule has 5 nitrogen and oxygen atoms in total. The van der Waals surface area contributed by atoms with Crippen molar-refractivity contribution >= 4 is 5.97 Å². The van der Waals surface area contributed by atoms with Crippen molar-refractivity contribution in [2.24, 2.45) is 0 Å². The highest BCUT2D eigenvalue weighted by Gasteiger charge is 2.24. The van der Waals surface area contributed by atoms with Crippen LogP contribution in [0, 0.1) is 0 Å². The lowest BCUT2D eigenvalue weighted by Gasteiger charge is -2.19. The number of para-hydroxylation sites is 1. The summed E-state index contributed by atoms with van der Waals surface area (Å²) in [6.45, 7) is 2.60. The van der Waals surface area contributed by atoms with Crippen molar-refractivity contribution in [2.75, 3.05) is 7.11 Å². The Balaban J connectivity index is 2.18. The Hall–Kier alpha value is -1.75. The SMILES string of the molecule is CCCC(Oc1c(CNC2CC2)cccc1OC)C(=O)O. The van der Waals surface area contributed by atoms with E-state index in [1.807, 2.05) is 19.1 Å². The van der Waals surface area contributed by atoms with Gasteiger partial charge in [0, 0.05) is 18.2 Å². The van der Waals surface area contributed by atoms with Gasteiger partial charge < -0.3 is 19.9 Å². The fourth-order valence-corrected chi connectivity index (χ4v) is 2.17. The highest BCUT2D eigenvalue weighted by Crippen LogP contribution is 2.33. The third kappa shape index (κ3) is 4.36. The van der Waals surface area contributed by atoms with E-state index in [1.54, 1.807) is 13.2 Å². The molecule has 1 saturated carbocycles. The molecule has 1 aliphatic rings. The molecular formula is C16H23NO4. The molecule has 1 fully saturated rings. The number of benzene rings is 1. The molecule has 0 aromatic heterocycles. The summed E-state index contributed by atoms with van der Waals surface area (Å²) in [6.07, 6.45) is 2.79. The van der Waals surface area contributed by atoms with Crippen molar-refractivity contribution in [3.05, 3.63) is 23.8 Å². The lowest BCUT2D eigenvalue weighted by molar-refractivity contribution is -0.145. The van der Waals surface area contributed by atoms with Crippen LogP contribution in [0.5, 0.6) is 11.5 Å². The van der Waals surface area contributed by atoms with Gasteiger partial charge in [-0.25, -0.2) is 4.79 Å². The average molecular weight is 293 g/mol. The van der Waals surface area contributed by atoms with E-state index in [0.717, 1.165) is 12.0 Å². The van der Waals surface area contributed by atoms with Crippen LogP contribution in [0.1, 0.15) is 38.2 Å². The highest BCUT2D eigenvalue weighted by atomic mass is 16.5. The second-order valence-corrected chi connectivity index (χ2v) is 5.34. The van der Waals surface area contributed by atoms with Crippen molar-refractivity contribution < 1.29 is 19.4 Å². The molecule has 1 aromatic rings. The van der Waals surface area contributed by atoms with Crippen molar-refractivity contribution in [1.29, 1.82) is 0 Å². The van der Waals surface area contributed by atoms with Crippen LogP contribution in [0.2, 0.25) is 0 Å². The summed E-state index contributed by atoms with van der Waals surface area (Å²) in [4.78, 5) is 11.3. The maximum absolute atomic E-state index is 11.3. The summed E-state index contributed by atoms with van der Waals surface area (Å²) in [7, 11) is 1.57. The summed E-state index contributed by atoms with van der Waals surface area (Å²) in [5.74, 6) is 0.172. The van der Waals surface area contributed by atoms with E-state index in [0.29, 0.717) is 30.5 Å². The minimum absolute atomic E-state index is 0.475. The monoisotopic (exact) mass is 293 g/mol. The van der Waals surface area contributed by atoms with Gasteiger partial charge in [0.2, 0.25) is 0 Å². The fourth-order valence-electron chi connectivity index (χ4n) is 2.17. The number of carboxylic acids is 1. The van der Waals surface area contributed by atoms with Gasteiger partial charge in [-0.05, 0) is 25.3 Å². The average Bonchev–Trinajstić information content (AvgIpc) is 3.29. The first-order valence-electron chi connectivity index (χ1n) is 7.44. The molecule has 1 unspecified atom stereocenters. The van der Waals surface area contributed by atoms with E-state index in [1.165, 1.54) is 12.8 Å². The van der Waals surface area contributed by atoms with Gasteiger partial charge in [0.15, 0.2) is 17.6 Å². The van der Waals surface area contributed by atoms with E-state index in [2.05, 4.69) is 5.32 Å². The quantitative estimate of drug-likeness (QED) is 0.732. The standard InChI is InChI=1S/C16H23NO4/c1-3-5-14(16(18)19)21-15-11(10-17-12-8-9-12)6-4-7-13(15)20-2/h4,6-7,12,14,17H,3,5,8-10H2,1-2H3,(H,18,19). The lowest BCUT2D eigenvalue weighted by atomic mass is 10.1. The Morgan fingerprint density at radius 3 is 2.81 bits per heavy atom. The molecule has 116 valence electrons. The van der Waals surface area contributed by atoms with Crippen LogP contribution in [-0.2, 0) is 11.3 Å². The van der Waals surface area contributed by atoms with E-state index in [9.17, 15) is 9.90 Å². The predicted molar refractivity (Wildman–Crippen MR) is 79.8 cm³/mol. The van der Waals surface area contributed by atoms with Gasteiger partial charge in [-0.1, -0.05) is 25.5 Å². The Kier molecular flexibility index (Phi) is 5.44. The Morgan fingerprint density at radius 1 is 1.48 bits per heavy atom. The van der Waals surface area contributed by atoms with Gasteiger partial charge in [0.05, 0.1) is 7.11 Å².